The highest BCUT2D eigenvalue weighted by molar-refractivity contribution is 5.75. The summed E-state index contributed by atoms with van der Waals surface area (Å²) in [5.74, 6) is 1.56. The third kappa shape index (κ3) is 3.11. The van der Waals surface area contributed by atoms with Gasteiger partial charge >= 0.3 is 6.03 Å². The highest BCUT2D eigenvalue weighted by Gasteiger charge is 2.30. The Labute approximate surface area is 130 Å². The molecule has 1 unspecified atom stereocenters. The monoisotopic (exact) mass is 306 g/mol. The van der Waals surface area contributed by atoms with E-state index < -0.39 is 0 Å². The third-order valence-electron chi connectivity index (χ3n) is 4.05. The minimum absolute atomic E-state index is 0.0329. The van der Waals surface area contributed by atoms with E-state index in [0.29, 0.717) is 26.4 Å². The average molecular weight is 306 g/mol. The summed E-state index contributed by atoms with van der Waals surface area (Å²) in [4.78, 5) is 14.2. The number of ether oxygens (including phenoxy) is 3. The van der Waals surface area contributed by atoms with E-state index in [1.807, 2.05) is 23.1 Å². The smallest absolute Gasteiger partial charge is 0.317 e. The van der Waals surface area contributed by atoms with Crippen LogP contribution in [0.4, 0.5) is 4.79 Å². The van der Waals surface area contributed by atoms with Crippen LogP contribution in [0.25, 0.3) is 0 Å². The second-order valence-corrected chi connectivity index (χ2v) is 5.48. The fourth-order valence-electron chi connectivity index (χ4n) is 2.99. The Kier molecular flexibility index (Phi) is 4.68. The molecule has 1 aromatic carbocycles. The van der Waals surface area contributed by atoms with Crippen molar-refractivity contribution in [3.05, 3.63) is 23.8 Å². The molecule has 2 amide bonds. The number of hydrogen-bond donors (Lipinski definition) is 1. The Morgan fingerprint density at radius 2 is 2.18 bits per heavy atom. The lowest BCUT2D eigenvalue weighted by Crippen LogP contribution is -2.40. The summed E-state index contributed by atoms with van der Waals surface area (Å²) in [6.45, 7) is 2.98. The van der Waals surface area contributed by atoms with Crippen molar-refractivity contribution in [2.24, 2.45) is 0 Å². The topological polar surface area (TPSA) is 60.0 Å². The molecule has 1 saturated heterocycles. The number of amides is 2. The highest BCUT2D eigenvalue weighted by atomic mass is 16.6. The molecule has 6 heteroatoms. The van der Waals surface area contributed by atoms with E-state index in [2.05, 4.69) is 5.32 Å². The van der Waals surface area contributed by atoms with Gasteiger partial charge in [-0.05, 0) is 30.5 Å². The maximum atomic E-state index is 12.3. The van der Waals surface area contributed by atoms with Crippen molar-refractivity contribution in [3.8, 4) is 11.5 Å². The average Bonchev–Trinajstić information content (AvgIpc) is 3.04. The summed E-state index contributed by atoms with van der Waals surface area (Å²) in [6.07, 6.45) is 1.98. The van der Waals surface area contributed by atoms with Crippen molar-refractivity contribution < 1.29 is 19.0 Å². The summed E-state index contributed by atoms with van der Waals surface area (Å²) in [5.41, 5.74) is 1.10. The molecule has 3 rings (SSSR count). The zero-order chi connectivity index (χ0) is 15.4. The molecule has 1 fully saturated rings. The maximum absolute atomic E-state index is 12.3. The zero-order valence-electron chi connectivity index (χ0n) is 12.8. The highest BCUT2D eigenvalue weighted by Crippen LogP contribution is 2.37. The Morgan fingerprint density at radius 3 is 3.00 bits per heavy atom. The predicted octanol–water partition coefficient (Wildman–Crippen LogP) is 1.95. The molecule has 1 aromatic rings. The standard InChI is InChI=1S/C16H22N2O4/c1-20-8-6-17-16(19)18-7-2-3-13(18)12-4-5-14-15(11-12)22-10-9-21-14/h4-5,11,13H,2-3,6-10H2,1H3,(H,17,19). The molecule has 1 N–H and O–H groups in total. The summed E-state index contributed by atoms with van der Waals surface area (Å²) in [6, 6.07) is 6.02. The molecule has 0 aliphatic carbocycles. The maximum Gasteiger partial charge on any atom is 0.317 e. The van der Waals surface area contributed by atoms with Gasteiger partial charge in [0.25, 0.3) is 0 Å². The van der Waals surface area contributed by atoms with E-state index in [9.17, 15) is 4.79 Å². The number of urea groups is 1. The first-order chi connectivity index (χ1) is 10.8. The Balaban J connectivity index is 1.71. The van der Waals surface area contributed by atoms with Crippen molar-refractivity contribution in [1.29, 1.82) is 0 Å². The van der Waals surface area contributed by atoms with Crippen LogP contribution in [0.1, 0.15) is 24.4 Å². The molecule has 120 valence electrons. The molecule has 0 radical (unpaired) electrons. The van der Waals surface area contributed by atoms with Crippen molar-refractivity contribution in [1.82, 2.24) is 10.2 Å². The first-order valence-electron chi connectivity index (χ1n) is 7.72. The number of methoxy groups -OCH3 is 1. The minimum Gasteiger partial charge on any atom is -0.486 e. The molecule has 0 bridgehead atoms. The van der Waals surface area contributed by atoms with Crippen LogP contribution in [0.15, 0.2) is 18.2 Å². The molecule has 2 aliphatic rings. The minimum atomic E-state index is -0.0329. The van der Waals surface area contributed by atoms with Gasteiger partial charge in [0.2, 0.25) is 0 Å². The van der Waals surface area contributed by atoms with Gasteiger partial charge in [-0.25, -0.2) is 4.79 Å². The molecular formula is C16H22N2O4. The number of hydrogen-bond acceptors (Lipinski definition) is 4. The number of nitrogens with one attached hydrogen (secondary N) is 1. The fraction of sp³-hybridized carbons (Fsp3) is 0.562. The molecular weight excluding hydrogens is 284 g/mol. The third-order valence-corrected chi connectivity index (χ3v) is 4.05. The molecule has 2 aliphatic heterocycles. The number of rotatable bonds is 4. The van der Waals surface area contributed by atoms with Crippen LogP contribution in [-0.4, -0.2) is 51.0 Å². The number of fused-ring (bicyclic) bond motifs is 1. The largest absolute Gasteiger partial charge is 0.486 e. The fourth-order valence-corrected chi connectivity index (χ4v) is 2.99. The summed E-state index contributed by atoms with van der Waals surface area (Å²) >= 11 is 0. The number of carbonyl (C=O) groups is 1. The Morgan fingerprint density at radius 1 is 1.36 bits per heavy atom. The molecule has 6 nitrogen and oxygen atoms in total. The van der Waals surface area contributed by atoms with E-state index >= 15 is 0 Å². The first-order valence-corrected chi connectivity index (χ1v) is 7.72. The SMILES string of the molecule is COCCNC(=O)N1CCCC1c1ccc2c(c1)OCCO2. The quantitative estimate of drug-likeness (QED) is 0.864. The molecule has 1 atom stereocenters. The number of benzene rings is 1. The van der Waals surface area contributed by atoms with Gasteiger partial charge in [0.15, 0.2) is 11.5 Å². The lowest BCUT2D eigenvalue weighted by Gasteiger charge is -2.27. The van der Waals surface area contributed by atoms with Crippen LogP contribution < -0.4 is 14.8 Å². The molecule has 22 heavy (non-hydrogen) atoms. The second kappa shape index (κ2) is 6.87. The van der Waals surface area contributed by atoms with Crippen LogP contribution in [0.3, 0.4) is 0 Å². The van der Waals surface area contributed by atoms with Gasteiger partial charge in [-0.15, -0.1) is 0 Å². The van der Waals surface area contributed by atoms with Gasteiger partial charge in [0.05, 0.1) is 12.6 Å². The van der Waals surface area contributed by atoms with E-state index in [1.54, 1.807) is 7.11 Å². The van der Waals surface area contributed by atoms with Crippen LogP contribution >= 0.6 is 0 Å². The van der Waals surface area contributed by atoms with E-state index in [4.69, 9.17) is 14.2 Å². The van der Waals surface area contributed by atoms with E-state index in [1.165, 1.54) is 0 Å². The Bertz CT molecular complexity index is 535. The number of nitrogens with zero attached hydrogens (tertiary/aromatic N) is 1. The lowest BCUT2D eigenvalue weighted by molar-refractivity contribution is 0.169. The summed E-state index contributed by atoms with van der Waals surface area (Å²) < 4.78 is 16.2. The van der Waals surface area contributed by atoms with Crippen molar-refractivity contribution in [2.75, 3.05) is 40.0 Å². The van der Waals surface area contributed by atoms with Gasteiger partial charge in [-0.1, -0.05) is 6.07 Å². The van der Waals surface area contributed by atoms with E-state index in [0.717, 1.165) is 36.4 Å². The second-order valence-electron chi connectivity index (χ2n) is 5.48. The summed E-state index contributed by atoms with van der Waals surface area (Å²) in [7, 11) is 1.63. The molecule has 0 saturated carbocycles. The number of carbonyl (C=O) groups excluding carboxylic acids is 1. The van der Waals surface area contributed by atoms with Crippen molar-refractivity contribution in [2.45, 2.75) is 18.9 Å². The normalized spacial score (nSPS) is 20.0. The predicted molar refractivity (Wildman–Crippen MR) is 81.4 cm³/mol. The van der Waals surface area contributed by atoms with Gasteiger partial charge in [-0.3, -0.25) is 0 Å². The van der Waals surface area contributed by atoms with Gasteiger partial charge in [0.1, 0.15) is 13.2 Å². The zero-order valence-corrected chi connectivity index (χ0v) is 12.8. The van der Waals surface area contributed by atoms with Crippen LogP contribution in [0.2, 0.25) is 0 Å². The van der Waals surface area contributed by atoms with Crippen molar-refractivity contribution in [3.63, 3.8) is 0 Å². The molecule has 0 spiro atoms. The van der Waals surface area contributed by atoms with Gasteiger partial charge in [-0.2, -0.15) is 0 Å². The molecule has 0 aromatic heterocycles. The summed E-state index contributed by atoms with van der Waals surface area (Å²) in [5, 5.41) is 2.89. The molecule has 2 heterocycles. The Hall–Kier alpha value is -1.95. The van der Waals surface area contributed by atoms with Crippen LogP contribution in [-0.2, 0) is 4.74 Å². The number of likely N-dealkylation sites (tertiary alicyclic amines) is 1. The lowest BCUT2D eigenvalue weighted by atomic mass is 10.0. The first kappa shape index (κ1) is 15.0. The van der Waals surface area contributed by atoms with Crippen LogP contribution in [0.5, 0.6) is 11.5 Å². The van der Waals surface area contributed by atoms with Gasteiger partial charge < -0.3 is 24.4 Å². The van der Waals surface area contributed by atoms with E-state index in [-0.39, 0.29) is 12.1 Å². The van der Waals surface area contributed by atoms with Gasteiger partial charge in [0, 0.05) is 20.2 Å². The van der Waals surface area contributed by atoms with Crippen molar-refractivity contribution >= 4 is 6.03 Å². The van der Waals surface area contributed by atoms with Crippen LogP contribution in [0, 0.1) is 0 Å².